The molecule has 10 heteroatoms. The van der Waals surface area contributed by atoms with E-state index in [-0.39, 0.29) is 29.9 Å². The molecule has 1 saturated heterocycles. The SMILES string of the molecule is Cc1ccc(Oc2ccc(NC(=O)C3CCN(S(=O)(=O)c4cn(C)c(C)n4)CC3)cn2)cc1. The van der Waals surface area contributed by atoms with Crippen LogP contribution in [-0.4, -0.2) is 46.3 Å². The first-order valence-electron chi connectivity index (χ1n) is 10.7. The fraction of sp³-hybridized carbons (Fsp3) is 0.348. The predicted octanol–water partition coefficient (Wildman–Crippen LogP) is 3.26. The molecule has 1 fully saturated rings. The molecule has 1 aromatic carbocycles. The van der Waals surface area contributed by atoms with Gasteiger partial charge in [0.25, 0.3) is 10.0 Å². The van der Waals surface area contributed by atoms with Crippen LogP contribution in [0.3, 0.4) is 0 Å². The highest BCUT2D eigenvalue weighted by Crippen LogP contribution is 2.25. The van der Waals surface area contributed by atoms with E-state index in [0.29, 0.717) is 36.0 Å². The summed E-state index contributed by atoms with van der Waals surface area (Å²) in [5, 5.41) is 2.91. The topological polar surface area (TPSA) is 106 Å². The van der Waals surface area contributed by atoms with Crippen molar-refractivity contribution in [1.82, 2.24) is 18.8 Å². The third-order valence-corrected chi connectivity index (χ3v) is 7.53. The molecule has 2 aromatic heterocycles. The lowest BCUT2D eigenvalue weighted by Crippen LogP contribution is -2.41. The highest BCUT2D eigenvalue weighted by molar-refractivity contribution is 7.89. The van der Waals surface area contributed by atoms with Crippen molar-refractivity contribution >= 4 is 21.6 Å². The van der Waals surface area contributed by atoms with Gasteiger partial charge in [0.2, 0.25) is 11.8 Å². The molecule has 33 heavy (non-hydrogen) atoms. The minimum absolute atomic E-state index is 0.0458. The Hall–Kier alpha value is -3.24. The highest BCUT2D eigenvalue weighted by Gasteiger charge is 2.33. The maximum Gasteiger partial charge on any atom is 0.262 e. The average molecular weight is 470 g/mol. The van der Waals surface area contributed by atoms with E-state index in [1.54, 1.807) is 36.9 Å². The number of rotatable bonds is 6. The van der Waals surface area contributed by atoms with Gasteiger partial charge in [-0.25, -0.2) is 18.4 Å². The molecule has 1 amide bonds. The first-order chi connectivity index (χ1) is 15.7. The van der Waals surface area contributed by atoms with E-state index in [4.69, 9.17) is 4.74 Å². The van der Waals surface area contributed by atoms with Gasteiger partial charge in [-0.15, -0.1) is 0 Å². The number of carbonyl (C=O) groups excluding carboxylic acids is 1. The first kappa shape index (κ1) is 22.9. The van der Waals surface area contributed by atoms with Crippen LogP contribution in [0.5, 0.6) is 11.6 Å². The van der Waals surface area contributed by atoms with Crippen LogP contribution >= 0.6 is 0 Å². The Morgan fingerprint density at radius 2 is 1.79 bits per heavy atom. The normalized spacial score (nSPS) is 15.4. The summed E-state index contributed by atoms with van der Waals surface area (Å²) >= 11 is 0. The lowest BCUT2D eigenvalue weighted by molar-refractivity contribution is -0.120. The molecule has 0 saturated carbocycles. The molecule has 3 aromatic rings. The van der Waals surface area contributed by atoms with Crippen LogP contribution in [-0.2, 0) is 21.9 Å². The molecule has 0 bridgehead atoms. The summed E-state index contributed by atoms with van der Waals surface area (Å²) in [6.45, 7) is 4.31. The molecule has 3 heterocycles. The molecule has 174 valence electrons. The van der Waals surface area contributed by atoms with Gasteiger partial charge in [0.05, 0.1) is 11.9 Å². The van der Waals surface area contributed by atoms with Crippen LogP contribution in [0.2, 0.25) is 0 Å². The summed E-state index contributed by atoms with van der Waals surface area (Å²) < 4.78 is 34.4. The molecule has 0 atom stereocenters. The van der Waals surface area contributed by atoms with E-state index in [2.05, 4.69) is 15.3 Å². The van der Waals surface area contributed by atoms with Crippen molar-refractivity contribution in [2.45, 2.75) is 31.7 Å². The number of anilines is 1. The number of benzene rings is 1. The second-order valence-corrected chi connectivity index (χ2v) is 10.1. The molecule has 0 unspecified atom stereocenters. The quantitative estimate of drug-likeness (QED) is 0.594. The van der Waals surface area contributed by atoms with Gasteiger partial charge in [-0.05, 0) is 44.9 Å². The summed E-state index contributed by atoms with van der Waals surface area (Å²) in [6.07, 6.45) is 3.95. The molecule has 0 aliphatic carbocycles. The number of aromatic nitrogens is 3. The molecule has 4 rings (SSSR count). The Labute approximate surface area is 193 Å². The number of nitrogens with zero attached hydrogens (tertiary/aromatic N) is 4. The number of amides is 1. The Balaban J connectivity index is 1.31. The predicted molar refractivity (Wildman–Crippen MR) is 124 cm³/mol. The Morgan fingerprint density at radius 1 is 1.09 bits per heavy atom. The number of hydrogen-bond acceptors (Lipinski definition) is 6. The zero-order chi connectivity index (χ0) is 23.6. The number of carbonyl (C=O) groups is 1. The number of ether oxygens (including phenoxy) is 1. The minimum Gasteiger partial charge on any atom is -0.439 e. The van der Waals surface area contributed by atoms with E-state index in [1.807, 2.05) is 31.2 Å². The molecule has 0 spiro atoms. The van der Waals surface area contributed by atoms with Gasteiger partial charge in [0, 0.05) is 38.3 Å². The number of aryl methyl sites for hydroxylation is 3. The smallest absolute Gasteiger partial charge is 0.262 e. The maximum absolute atomic E-state index is 12.8. The first-order valence-corrected chi connectivity index (χ1v) is 12.2. The van der Waals surface area contributed by atoms with Crippen molar-refractivity contribution in [2.24, 2.45) is 13.0 Å². The van der Waals surface area contributed by atoms with Crippen LogP contribution in [0.1, 0.15) is 24.2 Å². The van der Waals surface area contributed by atoms with Gasteiger partial charge in [-0.1, -0.05) is 17.7 Å². The Morgan fingerprint density at radius 3 is 2.36 bits per heavy atom. The van der Waals surface area contributed by atoms with Gasteiger partial charge in [-0.3, -0.25) is 4.79 Å². The third-order valence-electron chi connectivity index (χ3n) is 5.76. The summed E-state index contributed by atoms with van der Waals surface area (Å²) in [5.41, 5.74) is 1.71. The van der Waals surface area contributed by atoms with Gasteiger partial charge in [0.1, 0.15) is 11.6 Å². The number of sulfonamides is 1. The van der Waals surface area contributed by atoms with Crippen molar-refractivity contribution in [2.75, 3.05) is 18.4 Å². The lowest BCUT2D eigenvalue weighted by Gasteiger charge is -2.29. The average Bonchev–Trinajstić information content (AvgIpc) is 3.16. The van der Waals surface area contributed by atoms with E-state index in [9.17, 15) is 13.2 Å². The Bertz CT molecular complexity index is 1210. The van der Waals surface area contributed by atoms with E-state index in [1.165, 1.54) is 10.5 Å². The van der Waals surface area contributed by atoms with Crippen LogP contribution in [0.4, 0.5) is 5.69 Å². The van der Waals surface area contributed by atoms with Crippen LogP contribution in [0.25, 0.3) is 0 Å². The molecular formula is C23H27N5O4S. The standard InChI is InChI=1S/C23H27N5O4S/c1-16-4-7-20(8-5-16)32-21-9-6-19(14-24-21)26-23(29)18-10-12-28(13-11-18)33(30,31)22-15-27(3)17(2)25-22/h4-9,14-15,18H,10-13H2,1-3H3,(H,26,29). The molecule has 9 nitrogen and oxygen atoms in total. The molecule has 1 aliphatic rings. The number of imidazole rings is 1. The largest absolute Gasteiger partial charge is 0.439 e. The Kier molecular flexibility index (Phi) is 6.48. The summed E-state index contributed by atoms with van der Waals surface area (Å²) in [7, 11) is -1.90. The summed E-state index contributed by atoms with van der Waals surface area (Å²) in [4.78, 5) is 21.1. The molecule has 1 N–H and O–H groups in total. The van der Waals surface area contributed by atoms with Crippen molar-refractivity contribution in [3.63, 3.8) is 0 Å². The number of nitrogens with one attached hydrogen (secondary N) is 1. The summed E-state index contributed by atoms with van der Waals surface area (Å²) in [5.74, 6) is 1.33. The monoisotopic (exact) mass is 469 g/mol. The molecule has 1 aliphatic heterocycles. The second kappa shape index (κ2) is 9.32. The number of hydrogen-bond donors (Lipinski definition) is 1. The van der Waals surface area contributed by atoms with Crippen molar-refractivity contribution < 1.29 is 17.9 Å². The van der Waals surface area contributed by atoms with Crippen LogP contribution < -0.4 is 10.1 Å². The minimum atomic E-state index is -3.66. The van der Waals surface area contributed by atoms with Gasteiger partial charge >= 0.3 is 0 Å². The third kappa shape index (κ3) is 5.23. The molecular weight excluding hydrogens is 442 g/mol. The highest BCUT2D eigenvalue weighted by atomic mass is 32.2. The van der Waals surface area contributed by atoms with Gasteiger partial charge in [0.15, 0.2) is 5.03 Å². The van der Waals surface area contributed by atoms with E-state index < -0.39 is 10.0 Å². The fourth-order valence-electron chi connectivity index (χ4n) is 3.63. The van der Waals surface area contributed by atoms with Crippen LogP contribution in [0, 0.1) is 19.8 Å². The van der Waals surface area contributed by atoms with Crippen LogP contribution in [0.15, 0.2) is 53.8 Å². The second-order valence-electron chi connectivity index (χ2n) is 8.21. The molecule has 0 radical (unpaired) electrons. The maximum atomic E-state index is 12.8. The summed E-state index contributed by atoms with van der Waals surface area (Å²) in [6, 6.07) is 11.1. The van der Waals surface area contributed by atoms with Crippen molar-refractivity contribution in [1.29, 1.82) is 0 Å². The number of pyridine rings is 1. The van der Waals surface area contributed by atoms with Crippen molar-refractivity contribution in [3.05, 3.63) is 60.2 Å². The fourth-order valence-corrected chi connectivity index (χ4v) is 5.12. The zero-order valence-corrected chi connectivity index (χ0v) is 19.7. The van der Waals surface area contributed by atoms with E-state index in [0.717, 1.165) is 5.56 Å². The lowest BCUT2D eigenvalue weighted by atomic mass is 9.97. The van der Waals surface area contributed by atoms with E-state index >= 15 is 0 Å². The number of piperidine rings is 1. The zero-order valence-electron chi connectivity index (χ0n) is 18.9. The van der Waals surface area contributed by atoms with Gasteiger partial charge in [-0.2, -0.15) is 4.31 Å². The van der Waals surface area contributed by atoms with Crippen molar-refractivity contribution in [3.8, 4) is 11.6 Å². The van der Waals surface area contributed by atoms with Gasteiger partial charge < -0.3 is 14.6 Å².